The van der Waals surface area contributed by atoms with Crippen LogP contribution >= 0.6 is 0 Å². The van der Waals surface area contributed by atoms with E-state index < -0.39 is 35.6 Å². The third kappa shape index (κ3) is 7.66. The Hall–Kier alpha value is -4.27. The number of halogens is 6. The monoisotopic (exact) mass is 667 g/mol. The lowest BCUT2D eigenvalue weighted by Gasteiger charge is -2.40. The summed E-state index contributed by atoms with van der Waals surface area (Å²) in [4.78, 5) is 25.7. The topological polar surface area (TPSA) is 89.0 Å². The summed E-state index contributed by atoms with van der Waals surface area (Å²) in [5.74, 6) is 0.668. The Labute approximate surface area is 267 Å². The minimum Gasteiger partial charge on any atom is -0.497 e. The largest absolute Gasteiger partial charge is 0.497 e. The van der Waals surface area contributed by atoms with E-state index in [1.807, 2.05) is 11.8 Å². The summed E-state index contributed by atoms with van der Waals surface area (Å²) >= 11 is 0. The van der Waals surface area contributed by atoms with Crippen LogP contribution in [-0.2, 0) is 28.2 Å². The molecule has 15 heteroatoms. The number of carbonyl (C=O) groups is 1. The molecule has 0 bridgehead atoms. The fourth-order valence-electron chi connectivity index (χ4n) is 5.93. The van der Waals surface area contributed by atoms with Crippen molar-refractivity contribution in [3.8, 4) is 5.75 Å². The zero-order valence-corrected chi connectivity index (χ0v) is 26.0. The van der Waals surface area contributed by atoms with Crippen LogP contribution in [0.2, 0.25) is 0 Å². The molecule has 1 fully saturated rings. The molecular weight excluding hydrogens is 632 g/mol. The van der Waals surface area contributed by atoms with Crippen LogP contribution < -0.4 is 19.9 Å². The fraction of sp³-hybridized carbons (Fsp3) is 0.469. The zero-order chi connectivity index (χ0) is 33.9. The van der Waals surface area contributed by atoms with Crippen LogP contribution in [0.3, 0.4) is 0 Å². The molecule has 3 aromatic rings. The van der Waals surface area contributed by atoms with Gasteiger partial charge in [0.2, 0.25) is 5.95 Å². The van der Waals surface area contributed by atoms with E-state index in [1.165, 1.54) is 13.3 Å². The number of fused-ring (bicyclic) bond motifs is 1. The summed E-state index contributed by atoms with van der Waals surface area (Å²) in [6, 6.07) is 6.14. The van der Waals surface area contributed by atoms with Crippen molar-refractivity contribution in [3.63, 3.8) is 0 Å². The van der Waals surface area contributed by atoms with Gasteiger partial charge in [-0.15, -0.1) is 0 Å². The van der Waals surface area contributed by atoms with Gasteiger partial charge < -0.3 is 24.4 Å². The lowest BCUT2D eigenvalue weighted by Crippen LogP contribution is -2.46. The van der Waals surface area contributed by atoms with Gasteiger partial charge in [-0.3, -0.25) is 4.90 Å². The predicted octanol–water partition coefficient (Wildman–Crippen LogP) is 7.25. The van der Waals surface area contributed by atoms with Crippen LogP contribution in [0.25, 0.3) is 0 Å². The number of hydrogen-bond acceptors (Lipinski definition) is 8. The molecule has 0 aliphatic carbocycles. The second-order valence-electron chi connectivity index (χ2n) is 11.2. The van der Waals surface area contributed by atoms with Gasteiger partial charge >= 0.3 is 18.4 Å². The van der Waals surface area contributed by atoms with Crippen LogP contribution in [0, 0.1) is 0 Å². The highest BCUT2D eigenvalue weighted by molar-refractivity contribution is 5.90. The maximum Gasteiger partial charge on any atom is 0.416 e. The molecule has 47 heavy (non-hydrogen) atoms. The van der Waals surface area contributed by atoms with E-state index in [4.69, 9.17) is 14.2 Å². The Morgan fingerprint density at radius 2 is 1.68 bits per heavy atom. The van der Waals surface area contributed by atoms with E-state index in [1.54, 1.807) is 30.0 Å². The summed E-state index contributed by atoms with van der Waals surface area (Å²) < 4.78 is 98.2. The molecular formula is C32H35F6N5O4. The van der Waals surface area contributed by atoms with Crippen molar-refractivity contribution in [3.05, 3.63) is 70.5 Å². The van der Waals surface area contributed by atoms with Crippen LogP contribution in [0.4, 0.5) is 48.5 Å². The molecule has 0 spiro atoms. The number of amides is 1. The molecule has 254 valence electrons. The normalized spacial score (nSPS) is 18.5. The van der Waals surface area contributed by atoms with Crippen molar-refractivity contribution < 1.29 is 45.3 Å². The van der Waals surface area contributed by atoms with Crippen molar-refractivity contribution in [2.45, 2.75) is 57.5 Å². The molecule has 1 amide bonds. The smallest absolute Gasteiger partial charge is 0.416 e. The Bertz CT molecular complexity index is 1550. The van der Waals surface area contributed by atoms with E-state index in [9.17, 15) is 31.1 Å². The number of nitrogens with zero attached hydrogens (tertiary/aromatic N) is 4. The molecule has 2 atom stereocenters. The Kier molecular flexibility index (Phi) is 10.0. The first-order chi connectivity index (χ1) is 22.3. The van der Waals surface area contributed by atoms with Crippen molar-refractivity contribution in [2.24, 2.45) is 0 Å². The number of carbonyl (C=O) groups excluding carboxylic acids is 1. The van der Waals surface area contributed by atoms with E-state index in [0.29, 0.717) is 74.0 Å². The number of methoxy groups -OCH3 is 1. The van der Waals surface area contributed by atoms with Crippen molar-refractivity contribution >= 4 is 23.4 Å². The standard InChI is InChI=1S/C32H35F6N5O4/c1-4-22-16-25(24-17-23(45-3)6-7-27(24)43(22)30(44)47-5-2)40-29-39-18-28(42-8-10-46-11-9-42)26(41-29)14-19-12-20(31(33,34)35)15-21(13-19)32(36,37)38/h6-7,12-13,15,17-18,22,25H,4-5,8-11,14,16H2,1-3H3,(H,39,40,41)/t22-,25+/m1/s1. The van der Waals surface area contributed by atoms with Crippen LogP contribution in [-0.4, -0.2) is 62.1 Å². The van der Waals surface area contributed by atoms with Crippen molar-refractivity contribution in [1.29, 1.82) is 0 Å². The number of alkyl halides is 6. The maximum atomic E-state index is 13.7. The van der Waals surface area contributed by atoms with Crippen molar-refractivity contribution in [1.82, 2.24) is 9.97 Å². The molecule has 0 unspecified atom stereocenters. The number of hydrogen-bond donors (Lipinski definition) is 1. The molecule has 2 aromatic carbocycles. The number of ether oxygens (including phenoxy) is 3. The van der Waals surface area contributed by atoms with Gasteiger partial charge in [-0.05, 0) is 61.7 Å². The second kappa shape index (κ2) is 13.8. The van der Waals surface area contributed by atoms with Gasteiger partial charge in [-0.1, -0.05) is 6.92 Å². The summed E-state index contributed by atoms with van der Waals surface area (Å²) in [7, 11) is 1.52. The first-order valence-electron chi connectivity index (χ1n) is 15.2. The highest BCUT2D eigenvalue weighted by atomic mass is 19.4. The lowest BCUT2D eigenvalue weighted by molar-refractivity contribution is -0.143. The molecule has 2 aliphatic heterocycles. The molecule has 1 aromatic heterocycles. The number of anilines is 3. The fourth-order valence-corrected chi connectivity index (χ4v) is 5.93. The van der Waals surface area contributed by atoms with Crippen LogP contribution in [0.5, 0.6) is 5.75 Å². The highest BCUT2D eigenvalue weighted by Gasteiger charge is 2.38. The minimum absolute atomic E-state index is 0.109. The third-order valence-electron chi connectivity index (χ3n) is 8.20. The average molecular weight is 668 g/mol. The molecule has 0 radical (unpaired) electrons. The molecule has 3 heterocycles. The first kappa shape index (κ1) is 34.1. The molecule has 0 saturated carbocycles. The van der Waals surface area contributed by atoms with E-state index in [0.717, 1.165) is 0 Å². The SMILES string of the molecule is CCOC(=O)N1c2ccc(OC)cc2[C@@H](Nc2ncc(N3CCOCC3)c(Cc3cc(C(F)(F)F)cc(C(F)(F)F)c3)n2)C[C@H]1CC. The summed E-state index contributed by atoms with van der Waals surface area (Å²) in [5, 5.41) is 3.31. The Balaban J connectivity index is 1.55. The molecule has 1 N–H and O–H groups in total. The second-order valence-corrected chi connectivity index (χ2v) is 11.2. The minimum atomic E-state index is -4.98. The molecule has 9 nitrogen and oxygen atoms in total. The van der Waals surface area contributed by atoms with Gasteiger partial charge in [0.05, 0.1) is 67.4 Å². The molecule has 2 aliphatic rings. The van der Waals surface area contributed by atoms with Crippen LogP contribution in [0.1, 0.15) is 60.7 Å². The molecule has 5 rings (SSSR count). The maximum absolute atomic E-state index is 13.7. The average Bonchev–Trinajstić information content (AvgIpc) is 3.04. The summed E-state index contributed by atoms with van der Waals surface area (Å²) in [5.41, 5.74) is -0.949. The number of rotatable bonds is 8. The van der Waals surface area contributed by atoms with Gasteiger partial charge in [0.15, 0.2) is 0 Å². The van der Waals surface area contributed by atoms with E-state index in [2.05, 4.69) is 15.3 Å². The lowest BCUT2D eigenvalue weighted by atomic mass is 9.90. The number of morpholine rings is 1. The first-order valence-corrected chi connectivity index (χ1v) is 15.2. The predicted molar refractivity (Wildman–Crippen MR) is 162 cm³/mol. The third-order valence-corrected chi connectivity index (χ3v) is 8.20. The number of benzene rings is 2. The molecule has 1 saturated heterocycles. The number of nitrogens with one attached hydrogen (secondary N) is 1. The van der Waals surface area contributed by atoms with E-state index >= 15 is 0 Å². The van der Waals surface area contributed by atoms with Crippen molar-refractivity contribution in [2.75, 3.05) is 55.1 Å². The Morgan fingerprint density at radius 3 is 2.28 bits per heavy atom. The van der Waals surface area contributed by atoms with Gasteiger partial charge in [-0.25, -0.2) is 14.8 Å². The van der Waals surface area contributed by atoms with Gasteiger partial charge in [0.25, 0.3) is 0 Å². The Morgan fingerprint density at radius 1 is 1.00 bits per heavy atom. The van der Waals surface area contributed by atoms with Gasteiger partial charge in [-0.2, -0.15) is 26.3 Å². The summed E-state index contributed by atoms with van der Waals surface area (Å²) in [6.07, 6.45) is -8.22. The summed E-state index contributed by atoms with van der Waals surface area (Å²) in [6.45, 7) is 5.52. The highest BCUT2D eigenvalue weighted by Crippen LogP contribution is 2.42. The zero-order valence-electron chi connectivity index (χ0n) is 26.0. The van der Waals surface area contributed by atoms with Gasteiger partial charge in [0.1, 0.15) is 5.75 Å². The van der Waals surface area contributed by atoms with E-state index in [-0.39, 0.29) is 42.3 Å². The quantitative estimate of drug-likeness (QED) is 0.252. The van der Waals surface area contributed by atoms with Gasteiger partial charge in [0, 0.05) is 31.1 Å². The van der Waals surface area contributed by atoms with Crippen LogP contribution in [0.15, 0.2) is 42.6 Å². The number of aromatic nitrogens is 2.